The highest BCUT2D eigenvalue weighted by molar-refractivity contribution is 6.68. The maximum Gasteiger partial charge on any atom is 0.192 e. The van der Waals surface area contributed by atoms with Crippen LogP contribution in [0.1, 0.15) is 12.8 Å². The smallest absolute Gasteiger partial charge is 0.192 e. The molecule has 17 heavy (non-hydrogen) atoms. The van der Waals surface area contributed by atoms with Gasteiger partial charge in [0.25, 0.3) is 0 Å². The van der Waals surface area contributed by atoms with Crippen LogP contribution in [0.4, 0.5) is 0 Å². The fraction of sp³-hybridized carbons (Fsp3) is 1.00. The molecule has 0 aromatic rings. The molecule has 9 heteroatoms. The average Bonchev–Trinajstić information content (AvgIpc) is 1.95. The Hall–Kier alpha value is 2.28. The summed E-state index contributed by atoms with van der Waals surface area (Å²) in [6, 6.07) is 0. The van der Waals surface area contributed by atoms with Crippen molar-refractivity contribution >= 4 is 92.8 Å². The summed E-state index contributed by atoms with van der Waals surface area (Å²) in [5, 5.41) is -0.835. The first-order valence-electron chi connectivity index (χ1n) is 4.49. The van der Waals surface area contributed by atoms with E-state index in [1.807, 2.05) is 0 Å². The number of alkyl halides is 8. The lowest BCUT2D eigenvalue weighted by molar-refractivity contribution is 0.131. The zero-order valence-electron chi connectivity index (χ0n) is 8.42. The van der Waals surface area contributed by atoms with E-state index < -0.39 is 18.3 Å². The lowest BCUT2D eigenvalue weighted by atomic mass is 10.3. The molecule has 1 nitrogen and oxygen atoms in total. The van der Waals surface area contributed by atoms with E-state index in [4.69, 9.17) is 97.5 Å². The lowest BCUT2D eigenvalue weighted by Gasteiger charge is -2.18. The minimum Gasteiger partial charge on any atom is -0.378 e. The van der Waals surface area contributed by atoms with Crippen molar-refractivity contribution in [3.8, 4) is 0 Å². The molecular formula is C8H10Cl8O. The molecule has 0 radical (unpaired) electrons. The lowest BCUT2D eigenvalue weighted by Crippen LogP contribution is -2.22. The van der Waals surface area contributed by atoms with Crippen LogP contribution < -0.4 is 0 Å². The molecular weight excluding hydrogens is 396 g/mol. The van der Waals surface area contributed by atoms with Crippen molar-refractivity contribution in [2.24, 2.45) is 0 Å². The monoisotopic (exact) mass is 402 g/mol. The van der Waals surface area contributed by atoms with E-state index in [0.717, 1.165) is 0 Å². The van der Waals surface area contributed by atoms with Crippen LogP contribution in [0.25, 0.3) is 0 Å². The van der Waals surface area contributed by atoms with Gasteiger partial charge in [-0.05, 0) is 0 Å². The Morgan fingerprint density at radius 3 is 1.24 bits per heavy atom. The Balaban J connectivity index is 3.70. The minimum absolute atomic E-state index is 0.177. The predicted molar refractivity (Wildman–Crippen MR) is 79.9 cm³/mol. The molecule has 0 aromatic carbocycles. The highest BCUT2D eigenvalue weighted by Crippen LogP contribution is 2.34. The van der Waals surface area contributed by atoms with Crippen LogP contribution in [-0.2, 0) is 4.74 Å². The summed E-state index contributed by atoms with van der Waals surface area (Å²) < 4.78 is 2.44. The Morgan fingerprint density at radius 2 is 1.00 bits per heavy atom. The Kier molecular flexibility index (Phi) is 9.69. The fourth-order valence-corrected chi connectivity index (χ4v) is 3.18. The average molecular weight is 406 g/mol. The van der Waals surface area contributed by atoms with Crippen molar-refractivity contribution in [3.05, 3.63) is 0 Å². The van der Waals surface area contributed by atoms with Gasteiger partial charge in [0.1, 0.15) is 0 Å². The van der Waals surface area contributed by atoms with Crippen molar-refractivity contribution in [1.82, 2.24) is 0 Å². The van der Waals surface area contributed by atoms with Gasteiger partial charge in [0.15, 0.2) is 7.59 Å². The van der Waals surface area contributed by atoms with Crippen LogP contribution >= 0.6 is 92.8 Å². The zero-order chi connectivity index (χ0) is 13.7. The van der Waals surface area contributed by atoms with Gasteiger partial charge in [-0.1, -0.05) is 69.6 Å². The first-order valence-corrected chi connectivity index (χ1v) is 7.63. The van der Waals surface area contributed by atoms with Crippen LogP contribution in [-0.4, -0.2) is 31.6 Å². The van der Waals surface area contributed by atoms with Gasteiger partial charge in [0.2, 0.25) is 0 Å². The Labute approximate surface area is 141 Å². The Morgan fingerprint density at radius 1 is 0.706 bits per heavy atom. The van der Waals surface area contributed by atoms with Gasteiger partial charge in [0, 0.05) is 12.8 Å². The third-order valence-electron chi connectivity index (χ3n) is 1.50. The largest absolute Gasteiger partial charge is 0.378 e. The number of rotatable bonds is 6. The molecule has 0 aliphatic heterocycles. The van der Waals surface area contributed by atoms with Gasteiger partial charge in [-0.2, -0.15) is 0 Å². The maximum absolute atomic E-state index is 5.88. The third kappa shape index (κ3) is 14.5. The maximum atomic E-state index is 5.88. The zero-order valence-corrected chi connectivity index (χ0v) is 14.5. The van der Waals surface area contributed by atoms with Gasteiger partial charge in [-0.15, -0.1) is 23.2 Å². The topological polar surface area (TPSA) is 9.23 Å². The number of halogens is 8. The number of ether oxygens (including phenoxy) is 1. The number of hydrogen-bond donors (Lipinski definition) is 0. The summed E-state index contributed by atoms with van der Waals surface area (Å²) >= 11 is 45.2. The second-order valence-corrected chi connectivity index (χ2v) is 9.64. The van der Waals surface area contributed by atoms with E-state index in [1.54, 1.807) is 0 Å². The predicted octanol–water partition coefficient (Wildman–Crippen LogP) is 5.74. The summed E-state index contributed by atoms with van der Waals surface area (Å²) in [7, 11) is 0. The molecule has 0 amide bonds. The van der Waals surface area contributed by atoms with Crippen LogP contribution in [0.3, 0.4) is 0 Å². The molecule has 0 fully saturated rings. The van der Waals surface area contributed by atoms with E-state index in [-0.39, 0.29) is 26.1 Å². The van der Waals surface area contributed by atoms with Crippen LogP contribution in [0.15, 0.2) is 0 Å². The van der Waals surface area contributed by atoms with E-state index in [1.165, 1.54) is 0 Å². The molecule has 2 atom stereocenters. The summed E-state index contributed by atoms with van der Waals surface area (Å²) in [6.07, 6.45) is 0.354. The van der Waals surface area contributed by atoms with Gasteiger partial charge < -0.3 is 4.74 Å². The molecule has 2 unspecified atom stereocenters. The molecule has 0 saturated carbocycles. The van der Waals surface area contributed by atoms with Crippen LogP contribution in [0.2, 0.25) is 0 Å². The SMILES string of the molecule is ClC(COCC(Cl)CC(Cl)(Cl)Cl)CC(Cl)(Cl)Cl. The standard InChI is InChI=1S/C8H10Cl8O/c9-5(1-7(11,12)13)3-17-4-6(10)2-8(14,15)16/h5-6H,1-4H2. The quantitative estimate of drug-likeness (QED) is 0.512. The summed E-state index contributed by atoms with van der Waals surface area (Å²) in [6.45, 7) is 0.414. The molecule has 0 aliphatic rings. The van der Waals surface area contributed by atoms with Gasteiger partial charge in [-0.25, -0.2) is 0 Å². The summed E-state index contributed by atoms with van der Waals surface area (Å²) in [5.74, 6) is 0. The molecule has 0 bridgehead atoms. The summed E-state index contributed by atoms with van der Waals surface area (Å²) in [4.78, 5) is 0. The molecule has 0 aromatic heterocycles. The van der Waals surface area contributed by atoms with Crippen molar-refractivity contribution < 1.29 is 4.74 Å². The molecule has 0 spiro atoms. The Bertz CT molecular complexity index is 189. The van der Waals surface area contributed by atoms with Gasteiger partial charge >= 0.3 is 0 Å². The third-order valence-corrected chi connectivity index (χ3v) is 2.99. The van der Waals surface area contributed by atoms with Crippen LogP contribution in [0, 0.1) is 0 Å². The van der Waals surface area contributed by atoms with Crippen molar-refractivity contribution in [1.29, 1.82) is 0 Å². The van der Waals surface area contributed by atoms with Crippen molar-refractivity contribution in [3.63, 3.8) is 0 Å². The normalized spacial score (nSPS) is 16.9. The number of hydrogen-bond acceptors (Lipinski definition) is 1. The van der Waals surface area contributed by atoms with Crippen molar-refractivity contribution in [2.75, 3.05) is 13.2 Å². The first-order chi connectivity index (χ1) is 7.49. The van der Waals surface area contributed by atoms with E-state index in [9.17, 15) is 0 Å². The molecule has 0 heterocycles. The first kappa shape index (κ1) is 19.3. The highest BCUT2D eigenvalue weighted by Gasteiger charge is 2.26. The molecule has 0 saturated heterocycles. The molecule has 0 N–H and O–H groups in total. The van der Waals surface area contributed by atoms with Crippen LogP contribution in [0.5, 0.6) is 0 Å². The van der Waals surface area contributed by atoms with Gasteiger partial charge in [0.05, 0.1) is 24.0 Å². The highest BCUT2D eigenvalue weighted by atomic mass is 35.6. The fourth-order valence-electron chi connectivity index (χ4n) is 0.944. The van der Waals surface area contributed by atoms with Crippen molar-refractivity contribution in [2.45, 2.75) is 31.2 Å². The minimum atomic E-state index is -1.40. The van der Waals surface area contributed by atoms with E-state index >= 15 is 0 Å². The second kappa shape index (κ2) is 8.54. The summed E-state index contributed by atoms with van der Waals surface area (Å²) in [5.41, 5.74) is 0. The van der Waals surface area contributed by atoms with Gasteiger partial charge in [-0.3, -0.25) is 0 Å². The second-order valence-electron chi connectivity index (χ2n) is 3.37. The van der Waals surface area contributed by atoms with E-state index in [2.05, 4.69) is 0 Å². The molecule has 0 rings (SSSR count). The molecule has 104 valence electrons. The molecule has 0 aliphatic carbocycles. The van der Waals surface area contributed by atoms with E-state index in [0.29, 0.717) is 0 Å².